The number of hydrogen-bond acceptors (Lipinski definition) is 7. The standard InChI is InChI=1S/C26H24F4N8O2/c1-13-10-19(26(28,29)30)34-38(13)18-7-6-16(11-17(18)27)14(2)37-20(39)8-9-36-25(37)33-23(35-36)21-22(15-4-5-15)31-12-32-24(21)40-3/h6-7,10-12,14-15H,4-5,8-9H2,1-3H3/t14-/m0/s1. The van der Waals surface area contributed by atoms with Gasteiger partial charge >= 0.3 is 6.18 Å². The molecule has 208 valence electrons. The van der Waals surface area contributed by atoms with Gasteiger partial charge in [-0.2, -0.15) is 23.3 Å². The number of aryl methyl sites for hydroxylation is 2. The molecule has 1 amide bonds. The van der Waals surface area contributed by atoms with Crippen LogP contribution in [0.25, 0.3) is 17.1 Å². The molecule has 1 aliphatic heterocycles. The van der Waals surface area contributed by atoms with Crippen molar-refractivity contribution in [1.82, 2.24) is 34.5 Å². The fourth-order valence-corrected chi connectivity index (χ4v) is 4.96. The van der Waals surface area contributed by atoms with Gasteiger partial charge in [-0.3, -0.25) is 9.69 Å². The highest BCUT2D eigenvalue weighted by molar-refractivity contribution is 5.93. The van der Waals surface area contributed by atoms with E-state index in [0.29, 0.717) is 29.4 Å². The van der Waals surface area contributed by atoms with Crippen molar-refractivity contribution in [2.45, 2.75) is 57.8 Å². The molecule has 0 saturated heterocycles. The number of nitrogens with zero attached hydrogens (tertiary/aromatic N) is 8. The molecule has 14 heteroatoms. The minimum Gasteiger partial charge on any atom is -0.480 e. The quantitative estimate of drug-likeness (QED) is 0.315. The van der Waals surface area contributed by atoms with Crippen LogP contribution in [-0.2, 0) is 17.5 Å². The van der Waals surface area contributed by atoms with Crippen LogP contribution in [0.4, 0.5) is 23.5 Å². The van der Waals surface area contributed by atoms with Crippen LogP contribution in [0.1, 0.15) is 60.8 Å². The average Bonchev–Trinajstić information content (AvgIpc) is 3.56. The summed E-state index contributed by atoms with van der Waals surface area (Å²) in [5.41, 5.74) is 0.681. The number of methoxy groups -OCH3 is 1. The molecule has 4 aromatic rings. The number of aromatic nitrogens is 7. The molecule has 0 unspecified atom stereocenters. The molecule has 0 radical (unpaired) electrons. The van der Waals surface area contributed by atoms with Gasteiger partial charge in [0.15, 0.2) is 11.5 Å². The van der Waals surface area contributed by atoms with Crippen LogP contribution >= 0.6 is 0 Å². The molecule has 3 aromatic heterocycles. The van der Waals surface area contributed by atoms with Crippen LogP contribution in [0.15, 0.2) is 30.6 Å². The summed E-state index contributed by atoms with van der Waals surface area (Å²) >= 11 is 0. The fraction of sp³-hybridized carbons (Fsp3) is 0.385. The Morgan fingerprint density at radius 3 is 2.55 bits per heavy atom. The number of ether oxygens (including phenoxy) is 1. The molecule has 2 aliphatic rings. The Kier molecular flexibility index (Phi) is 6.07. The van der Waals surface area contributed by atoms with Crippen molar-refractivity contribution in [2.24, 2.45) is 0 Å². The third-order valence-electron chi connectivity index (χ3n) is 7.14. The van der Waals surface area contributed by atoms with E-state index < -0.39 is 23.7 Å². The predicted octanol–water partition coefficient (Wildman–Crippen LogP) is 4.77. The van der Waals surface area contributed by atoms with Gasteiger partial charge in [0.1, 0.15) is 23.4 Å². The van der Waals surface area contributed by atoms with E-state index in [1.807, 2.05) is 0 Å². The van der Waals surface area contributed by atoms with Crippen LogP contribution in [0.3, 0.4) is 0 Å². The van der Waals surface area contributed by atoms with E-state index in [9.17, 15) is 18.0 Å². The van der Waals surface area contributed by atoms with E-state index in [0.717, 1.165) is 29.3 Å². The number of halogens is 4. The molecule has 0 N–H and O–H groups in total. The Morgan fingerprint density at radius 1 is 1.12 bits per heavy atom. The molecule has 6 rings (SSSR count). The Labute approximate surface area is 225 Å². The second-order valence-corrected chi connectivity index (χ2v) is 9.86. The van der Waals surface area contributed by atoms with Crippen molar-refractivity contribution < 1.29 is 27.1 Å². The van der Waals surface area contributed by atoms with Gasteiger partial charge in [0, 0.05) is 18.0 Å². The first-order valence-corrected chi connectivity index (χ1v) is 12.7. The number of rotatable bonds is 6. The van der Waals surface area contributed by atoms with Crippen LogP contribution in [0.5, 0.6) is 5.88 Å². The maximum atomic E-state index is 15.3. The minimum absolute atomic E-state index is 0.129. The highest BCUT2D eigenvalue weighted by Gasteiger charge is 2.37. The van der Waals surface area contributed by atoms with Crippen molar-refractivity contribution in [3.05, 3.63) is 59.1 Å². The zero-order valence-electron chi connectivity index (χ0n) is 21.8. The zero-order valence-corrected chi connectivity index (χ0v) is 21.8. The molecule has 1 fully saturated rings. The lowest BCUT2D eigenvalue weighted by Gasteiger charge is -2.31. The van der Waals surface area contributed by atoms with Gasteiger partial charge < -0.3 is 4.74 Å². The first-order valence-electron chi connectivity index (χ1n) is 12.7. The third kappa shape index (κ3) is 4.36. The van der Waals surface area contributed by atoms with E-state index in [1.54, 1.807) is 17.7 Å². The number of alkyl halides is 3. The van der Waals surface area contributed by atoms with Crippen molar-refractivity contribution >= 4 is 11.9 Å². The van der Waals surface area contributed by atoms with Gasteiger partial charge in [0.05, 0.1) is 25.4 Å². The van der Waals surface area contributed by atoms with Crippen LogP contribution in [0.2, 0.25) is 0 Å². The number of carbonyl (C=O) groups is 1. The van der Waals surface area contributed by atoms with Crippen molar-refractivity contribution in [3.63, 3.8) is 0 Å². The van der Waals surface area contributed by atoms with E-state index in [4.69, 9.17) is 4.74 Å². The maximum absolute atomic E-state index is 15.3. The first-order chi connectivity index (χ1) is 19.1. The van der Waals surface area contributed by atoms with E-state index in [1.165, 1.54) is 37.4 Å². The molecule has 1 saturated carbocycles. The molecule has 0 spiro atoms. The van der Waals surface area contributed by atoms with Crippen LogP contribution in [-0.4, -0.2) is 47.5 Å². The smallest absolute Gasteiger partial charge is 0.435 e. The highest BCUT2D eigenvalue weighted by atomic mass is 19.4. The molecule has 4 heterocycles. The molecule has 1 aromatic carbocycles. The van der Waals surface area contributed by atoms with Gasteiger partial charge in [-0.05, 0) is 50.5 Å². The van der Waals surface area contributed by atoms with Crippen LogP contribution in [0, 0.1) is 12.7 Å². The predicted molar refractivity (Wildman–Crippen MR) is 133 cm³/mol. The first kappa shape index (κ1) is 25.9. The summed E-state index contributed by atoms with van der Waals surface area (Å²) in [6.07, 6.45) is -1.08. The van der Waals surface area contributed by atoms with Crippen molar-refractivity contribution in [2.75, 3.05) is 12.0 Å². The van der Waals surface area contributed by atoms with Gasteiger partial charge in [-0.15, -0.1) is 5.10 Å². The lowest BCUT2D eigenvalue weighted by Crippen LogP contribution is -2.40. The number of fused-ring (bicyclic) bond motifs is 1. The third-order valence-corrected chi connectivity index (χ3v) is 7.14. The lowest BCUT2D eigenvalue weighted by molar-refractivity contribution is -0.141. The largest absolute Gasteiger partial charge is 0.480 e. The molecule has 1 atom stereocenters. The number of carbonyl (C=O) groups excluding carboxylic acids is 1. The summed E-state index contributed by atoms with van der Waals surface area (Å²) in [5, 5.41) is 8.17. The summed E-state index contributed by atoms with van der Waals surface area (Å²) in [7, 11) is 1.50. The fourth-order valence-electron chi connectivity index (χ4n) is 4.96. The normalized spacial score (nSPS) is 16.3. The van der Waals surface area contributed by atoms with Crippen molar-refractivity contribution in [1.29, 1.82) is 0 Å². The average molecular weight is 557 g/mol. The summed E-state index contributed by atoms with van der Waals surface area (Å²) < 4.78 is 62.6. The maximum Gasteiger partial charge on any atom is 0.435 e. The highest BCUT2D eigenvalue weighted by Crippen LogP contribution is 2.45. The number of hydrogen-bond donors (Lipinski definition) is 0. The van der Waals surface area contributed by atoms with Gasteiger partial charge in [-0.1, -0.05) is 6.07 Å². The van der Waals surface area contributed by atoms with E-state index >= 15 is 4.39 Å². The number of amides is 1. The second-order valence-electron chi connectivity index (χ2n) is 9.86. The number of anilines is 1. The Bertz CT molecular complexity index is 1630. The Balaban J connectivity index is 1.35. The topological polar surface area (TPSA) is 104 Å². The Morgan fingerprint density at radius 2 is 1.90 bits per heavy atom. The van der Waals surface area contributed by atoms with Gasteiger partial charge in [-0.25, -0.2) is 23.7 Å². The molecule has 40 heavy (non-hydrogen) atoms. The van der Waals surface area contributed by atoms with Crippen LogP contribution < -0.4 is 9.64 Å². The molecular weight excluding hydrogens is 532 g/mol. The van der Waals surface area contributed by atoms with Gasteiger partial charge in [0.25, 0.3) is 0 Å². The molecule has 1 aliphatic carbocycles. The summed E-state index contributed by atoms with van der Waals surface area (Å²) in [4.78, 5) is 27.9. The summed E-state index contributed by atoms with van der Waals surface area (Å²) in [6, 6.07) is 4.29. The zero-order chi connectivity index (χ0) is 28.3. The lowest BCUT2D eigenvalue weighted by atomic mass is 10.1. The number of benzene rings is 1. The van der Waals surface area contributed by atoms with E-state index in [2.05, 4.69) is 25.1 Å². The SMILES string of the molecule is COc1ncnc(C2CC2)c1-c1nc2n(n1)CCC(=O)N2[C@@H](C)c1ccc(-n2nc(C(F)(F)F)cc2C)c(F)c1. The van der Waals surface area contributed by atoms with Gasteiger partial charge in [0.2, 0.25) is 17.7 Å². The Hall–Kier alpha value is -4.36. The monoisotopic (exact) mass is 556 g/mol. The van der Waals surface area contributed by atoms with Crippen molar-refractivity contribution in [3.8, 4) is 23.0 Å². The minimum atomic E-state index is -4.65. The summed E-state index contributed by atoms with van der Waals surface area (Å²) in [6.45, 7) is 3.45. The second kappa shape index (κ2) is 9.38. The van der Waals surface area contributed by atoms with E-state index in [-0.39, 0.29) is 35.6 Å². The molecule has 10 nitrogen and oxygen atoms in total. The molecular formula is C26H24F4N8O2. The summed E-state index contributed by atoms with van der Waals surface area (Å²) in [5.74, 6) is 0.212. The molecule has 0 bridgehead atoms.